The highest BCUT2D eigenvalue weighted by atomic mass is 16.2. The number of carbonyl (C=O) groups is 1. The van der Waals surface area contributed by atoms with Crippen molar-refractivity contribution in [3.05, 3.63) is 29.6 Å². The Morgan fingerprint density at radius 2 is 2.20 bits per heavy atom. The Hall–Kier alpha value is -1.46. The molecule has 0 unspecified atom stereocenters. The number of piperidine rings is 1. The molecular weight excluding hydrogens is 252 g/mol. The van der Waals surface area contributed by atoms with Crippen LogP contribution < -0.4 is 11.3 Å². The topological polar surface area (TPSA) is 71.2 Å². The molecule has 5 nitrogen and oxygen atoms in total. The Morgan fingerprint density at radius 3 is 2.75 bits per heavy atom. The van der Waals surface area contributed by atoms with Gasteiger partial charge in [0.2, 0.25) is 0 Å². The average Bonchev–Trinajstić information content (AvgIpc) is 2.49. The van der Waals surface area contributed by atoms with Crippen molar-refractivity contribution in [3.8, 4) is 0 Å². The number of nitrogens with zero attached hydrogens (tertiary/aromatic N) is 2. The third-order valence-electron chi connectivity index (χ3n) is 4.01. The normalized spacial score (nSPS) is 17.1. The predicted octanol–water partition coefficient (Wildman–Crippen LogP) is 1.70. The molecule has 2 heterocycles. The molecule has 0 radical (unpaired) electrons. The van der Waals surface area contributed by atoms with Crippen molar-refractivity contribution in [3.63, 3.8) is 0 Å². The lowest BCUT2D eigenvalue weighted by atomic mass is 9.92. The molecule has 0 aliphatic carbocycles. The molecule has 0 aromatic carbocycles. The second-order valence-corrected chi connectivity index (χ2v) is 5.52. The van der Waals surface area contributed by atoms with E-state index < -0.39 is 0 Å². The van der Waals surface area contributed by atoms with E-state index in [0.717, 1.165) is 31.2 Å². The van der Waals surface area contributed by atoms with E-state index in [1.54, 1.807) is 12.3 Å². The highest BCUT2D eigenvalue weighted by Gasteiger charge is 2.18. The second kappa shape index (κ2) is 7.36. The van der Waals surface area contributed by atoms with Gasteiger partial charge in [-0.1, -0.05) is 19.8 Å². The van der Waals surface area contributed by atoms with Crippen LogP contribution in [0.5, 0.6) is 0 Å². The van der Waals surface area contributed by atoms with Crippen molar-refractivity contribution in [2.24, 2.45) is 11.8 Å². The molecule has 0 bridgehead atoms. The molecule has 0 atom stereocenters. The number of amides is 1. The first-order valence-electron chi connectivity index (χ1n) is 7.41. The van der Waals surface area contributed by atoms with Crippen LogP contribution in [0.3, 0.4) is 0 Å². The minimum absolute atomic E-state index is 0.301. The minimum atomic E-state index is -0.301. The van der Waals surface area contributed by atoms with Gasteiger partial charge in [-0.3, -0.25) is 20.1 Å². The zero-order valence-electron chi connectivity index (χ0n) is 12.1. The number of nitrogens with two attached hydrogens (primary N) is 1. The Kier molecular flexibility index (Phi) is 5.49. The van der Waals surface area contributed by atoms with Gasteiger partial charge in [0.15, 0.2) is 0 Å². The molecule has 1 aliphatic heterocycles. The summed E-state index contributed by atoms with van der Waals surface area (Å²) in [5.41, 5.74) is 3.61. The summed E-state index contributed by atoms with van der Waals surface area (Å²) in [7, 11) is 0. The number of nitrogen functional groups attached to an aromatic ring is 1. The fourth-order valence-corrected chi connectivity index (χ4v) is 2.81. The standard InChI is InChI=1S/C15H24N4O/c1-2-3-12-6-8-19(9-7-12)11-14-5-4-13(10-17-14)15(20)18-16/h4-5,10,12H,2-3,6-9,11,16H2,1H3,(H,18,20). The number of hydrogen-bond donors (Lipinski definition) is 2. The van der Waals surface area contributed by atoms with Gasteiger partial charge in [-0.05, 0) is 44.0 Å². The second-order valence-electron chi connectivity index (χ2n) is 5.52. The van der Waals surface area contributed by atoms with E-state index in [4.69, 9.17) is 5.84 Å². The first-order valence-corrected chi connectivity index (χ1v) is 7.41. The average molecular weight is 276 g/mol. The van der Waals surface area contributed by atoms with E-state index in [2.05, 4.69) is 22.2 Å². The van der Waals surface area contributed by atoms with Crippen molar-refractivity contribution in [1.82, 2.24) is 15.3 Å². The van der Waals surface area contributed by atoms with Crippen molar-refractivity contribution >= 4 is 5.91 Å². The number of hydrazine groups is 1. The molecule has 1 aromatic heterocycles. The first kappa shape index (κ1) is 14.9. The van der Waals surface area contributed by atoms with Crippen molar-refractivity contribution in [2.45, 2.75) is 39.2 Å². The van der Waals surface area contributed by atoms with Gasteiger partial charge in [0.1, 0.15) is 0 Å². The van der Waals surface area contributed by atoms with Crippen molar-refractivity contribution in [2.75, 3.05) is 13.1 Å². The lowest BCUT2D eigenvalue weighted by Crippen LogP contribution is -2.33. The number of pyridine rings is 1. The number of rotatable bonds is 5. The van der Waals surface area contributed by atoms with Crippen LogP contribution >= 0.6 is 0 Å². The summed E-state index contributed by atoms with van der Waals surface area (Å²) in [6, 6.07) is 3.68. The lowest BCUT2D eigenvalue weighted by Gasteiger charge is -2.31. The molecule has 5 heteroatoms. The largest absolute Gasteiger partial charge is 0.297 e. The van der Waals surface area contributed by atoms with Crippen molar-refractivity contribution < 1.29 is 4.79 Å². The van der Waals surface area contributed by atoms with Crippen LogP contribution in [0.1, 0.15) is 48.7 Å². The van der Waals surface area contributed by atoms with Gasteiger partial charge in [-0.15, -0.1) is 0 Å². The molecule has 1 amide bonds. The molecular formula is C15H24N4O. The van der Waals surface area contributed by atoms with Crippen LogP contribution in [-0.4, -0.2) is 28.9 Å². The highest BCUT2D eigenvalue weighted by molar-refractivity contribution is 5.93. The number of aromatic nitrogens is 1. The van der Waals surface area contributed by atoms with E-state index in [0.29, 0.717) is 5.56 Å². The van der Waals surface area contributed by atoms with Gasteiger partial charge >= 0.3 is 0 Å². The molecule has 1 aromatic rings. The van der Waals surface area contributed by atoms with E-state index in [1.807, 2.05) is 6.07 Å². The Bertz CT molecular complexity index is 424. The van der Waals surface area contributed by atoms with E-state index >= 15 is 0 Å². The summed E-state index contributed by atoms with van der Waals surface area (Å²) in [6.07, 6.45) is 6.82. The number of carbonyl (C=O) groups excluding carboxylic acids is 1. The number of hydrogen-bond acceptors (Lipinski definition) is 4. The van der Waals surface area contributed by atoms with Crippen LogP contribution in [0.15, 0.2) is 18.3 Å². The van der Waals surface area contributed by atoms with E-state index in [1.165, 1.54) is 25.7 Å². The zero-order valence-corrected chi connectivity index (χ0v) is 12.1. The molecule has 0 spiro atoms. The summed E-state index contributed by atoms with van der Waals surface area (Å²) in [4.78, 5) is 18.1. The maximum atomic E-state index is 11.3. The van der Waals surface area contributed by atoms with Gasteiger partial charge in [0.05, 0.1) is 11.3 Å². The highest BCUT2D eigenvalue weighted by Crippen LogP contribution is 2.22. The SMILES string of the molecule is CCCC1CCN(Cc2ccc(C(=O)NN)cn2)CC1. The van der Waals surface area contributed by atoms with Crippen LogP contribution in [0, 0.1) is 5.92 Å². The van der Waals surface area contributed by atoms with Gasteiger partial charge in [-0.25, -0.2) is 5.84 Å². The predicted molar refractivity (Wildman–Crippen MR) is 78.8 cm³/mol. The lowest BCUT2D eigenvalue weighted by molar-refractivity contribution is 0.0953. The summed E-state index contributed by atoms with van der Waals surface area (Å²) in [5.74, 6) is 5.69. The molecule has 1 fully saturated rings. The van der Waals surface area contributed by atoms with Gasteiger partial charge < -0.3 is 0 Å². The molecule has 1 saturated heterocycles. The van der Waals surface area contributed by atoms with Gasteiger partial charge in [0.25, 0.3) is 5.91 Å². The summed E-state index contributed by atoms with van der Waals surface area (Å²) in [5, 5.41) is 0. The minimum Gasteiger partial charge on any atom is -0.297 e. The monoisotopic (exact) mass is 276 g/mol. The Labute approximate surface area is 120 Å². The fraction of sp³-hybridized carbons (Fsp3) is 0.600. The van der Waals surface area contributed by atoms with Gasteiger partial charge in [0, 0.05) is 12.7 Å². The fourth-order valence-electron chi connectivity index (χ4n) is 2.81. The van der Waals surface area contributed by atoms with Crippen LogP contribution in [-0.2, 0) is 6.54 Å². The maximum Gasteiger partial charge on any atom is 0.266 e. The van der Waals surface area contributed by atoms with Crippen molar-refractivity contribution in [1.29, 1.82) is 0 Å². The van der Waals surface area contributed by atoms with Crippen LogP contribution in [0.4, 0.5) is 0 Å². The molecule has 1 aliphatic rings. The number of likely N-dealkylation sites (tertiary alicyclic amines) is 1. The molecule has 0 saturated carbocycles. The molecule has 2 rings (SSSR count). The maximum absolute atomic E-state index is 11.3. The smallest absolute Gasteiger partial charge is 0.266 e. The summed E-state index contributed by atoms with van der Waals surface area (Å²) < 4.78 is 0. The third kappa shape index (κ3) is 4.02. The van der Waals surface area contributed by atoms with Crippen LogP contribution in [0.2, 0.25) is 0 Å². The quantitative estimate of drug-likeness (QED) is 0.488. The summed E-state index contributed by atoms with van der Waals surface area (Å²) >= 11 is 0. The first-order chi connectivity index (χ1) is 9.72. The van der Waals surface area contributed by atoms with E-state index in [9.17, 15) is 4.79 Å². The number of nitrogens with one attached hydrogen (secondary N) is 1. The van der Waals surface area contributed by atoms with E-state index in [-0.39, 0.29) is 5.91 Å². The zero-order chi connectivity index (χ0) is 14.4. The molecule has 3 N–H and O–H groups in total. The summed E-state index contributed by atoms with van der Waals surface area (Å²) in [6.45, 7) is 5.42. The van der Waals surface area contributed by atoms with Gasteiger partial charge in [-0.2, -0.15) is 0 Å². The van der Waals surface area contributed by atoms with Crippen LogP contribution in [0.25, 0.3) is 0 Å². The molecule has 110 valence electrons. The Balaban J connectivity index is 1.84. The molecule has 20 heavy (non-hydrogen) atoms. The Morgan fingerprint density at radius 1 is 1.45 bits per heavy atom. The third-order valence-corrected chi connectivity index (χ3v) is 4.01.